The smallest absolute Gasteiger partial charge is 0.272 e. The van der Waals surface area contributed by atoms with Gasteiger partial charge in [-0.2, -0.15) is 5.10 Å². The molecule has 0 saturated carbocycles. The van der Waals surface area contributed by atoms with Gasteiger partial charge in [-0.05, 0) is 44.9 Å². The van der Waals surface area contributed by atoms with E-state index in [1.165, 1.54) is 0 Å². The van der Waals surface area contributed by atoms with E-state index in [0.717, 1.165) is 17.8 Å². The minimum atomic E-state index is -0.450. The van der Waals surface area contributed by atoms with Crippen LogP contribution in [0.1, 0.15) is 42.9 Å². The van der Waals surface area contributed by atoms with Gasteiger partial charge in [-0.25, -0.2) is 4.68 Å². The van der Waals surface area contributed by atoms with E-state index in [2.05, 4.69) is 10.4 Å². The van der Waals surface area contributed by atoms with Crippen molar-refractivity contribution in [2.24, 2.45) is 0 Å². The monoisotopic (exact) mass is 335 g/mol. The number of hydrogen-bond acceptors (Lipinski definition) is 3. The predicted octanol–water partition coefficient (Wildman–Crippen LogP) is 3.12. The molecule has 0 bridgehead atoms. The van der Waals surface area contributed by atoms with E-state index in [-0.39, 0.29) is 12.5 Å². The fourth-order valence-corrected chi connectivity index (χ4v) is 2.58. The van der Waals surface area contributed by atoms with Gasteiger partial charge < -0.3 is 10.4 Å². The number of nitrogens with one attached hydrogen (secondary N) is 1. The SMILES string of the molecule is CCC(C)(CCO)NC(=O)c1cc(C)n(-c2ccccc2Cl)n1. The standard InChI is InChI=1S/C17H22ClN3O2/c1-4-17(3,9-10-22)19-16(23)14-11-12(2)21(20-14)15-8-6-5-7-13(15)18/h5-8,11,22H,4,9-10H2,1-3H3,(H,19,23). The first-order valence-corrected chi connectivity index (χ1v) is 8.03. The van der Waals surface area contributed by atoms with Crippen LogP contribution < -0.4 is 5.32 Å². The summed E-state index contributed by atoms with van der Waals surface area (Å²) in [4.78, 5) is 12.5. The molecule has 0 aliphatic heterocycles. The fraction of sp³-hybridized carbons (Fsp3) is 0.412. The van der Waals surface area contributed by atoms with Crippen molar-refractivity contribution in [1.82, 2.24) is 15.1 Å². The zero-order valence-electron chi connectivity index (χ0n) is 13.6. The highest BCUT2D eigenvalue weighted by atomic mass is 35.5. The van der Waals surface area contributed by atoms with Gasteiger partial charge in [-0.3, -0.25) is 4.79 Å². The number of benzene rings is 1. The molecule has 1 unspecified atom stereocenters. The number of aryl methyl sites for hydroxylation is 1. The van der Waals surface area contributed by atoms with E-state index < -0.39 is 5.54 Å². The van der Waals surface area contributed by atoms with Crippen LogP contribution in [0.4, 0.5) is 0 Å². The summed E-state index contributed by atoms with van der Waals surface area (Å²) in [5.74, 6) is -0.253. The molecule has 0 fully saturated rings. The van der Waals surface area contributed by atoms with Crippen LogP contribution in [0.3, 0.4) is 0 Å². The third-order valence-corrected chi connectivity index (χ3v) is 4.38. The zero-order chi connectivity index (χ0) is 17.0. The molecule has 0 saturated heterocycles. The number of halogens is 1. The topological polar surface area (TPSA) is 67.2 Å². The first-order valence-electron chi connectivity index (χ1n) is 7.65. The Labute approximate surface area is 141 Å². The van der Waals surface area contributed by atoms with Crippen molar-refractivity contribution in [3.05, 3.63) is 46.7 Å². The number of carbonyl (C=O) groups excluding carboxylic acids is 1. The third-order valence-electron chi connectivity index (χ3n) is 4.06. The summed E-state index contributed by atoms with van der Waals surface area (Å²) in [7, 11) is 0. The Bertz CT molecular complexity index is 699. The summed E-state index contributed by atoms with van der Waals surface area (Å²) in [6.07, 6.45) is 1.23. The van der Waals surface area contributed by atoms with E-state index in [0.29, 0.717) is 17.1 Å². The van der Waals surface area contributed by atoms with E-state index in [1.54, 1.807) is 16.8 Å². The molecule has 2 aromatic rings. The molecule has 2 rings (SSSR count). The van der Waals surface area contributed by atoms with Crippen LogP contribution in [-0.4, -0.2) is 32.9 Å². The number of amides is 1. The number of aromatic nitrogens is 2. The lowest BCUT2D eigenvalue weighted by Crippen LogP contribution is -2.46. The highest BCUT2D eigenvalue weighted by Gasteiger charge is 2.25. The van der Waals surface area contributed by atoms with E-state index in [9.17, 15) is 4.79 Å². The molecule has 1 heterocycles. The van der Waals surface area contributed by atoms with Gasteiger partial charge in [0.05, 0.1) is 10.7 Å². The summed E-state index contributed by atoms with van der Waals surface area (Å²) < 4.78 is 1.66. The molecule has 1 aromatic heterocycles. The molecule has 124 valence electrons. The van der Waals surface area contributed by atoms with E-state index in [1.807, 2.05) is 39.0 Å². The van der Waals surface area contributed by atoms with E-state index >= 15 is 0 Å². The number of hydrogen-bond donors (Lipinski definition) is 2. The minimum absolute atomic E-state index is 0.0255. The van der Waals surface area contributed by atoms with Crippen LogP contribution in [-0.2, 0) is 0 Å². The molecule has 1 atom stereocenters. The Morgan fingerprint density at radius 2 is 2.13 bits per heavy atom. The first-order chi connectivity index (χ1) is 10.9. The first kappa shape index (κ1) is 17.5. The predicted molar refractivity (Wildman–Crippen MR) is 91.2 cm³/mol. The van der Waals surface area contributed by atoms with Crippen LogP contribution in [0.5, 0.6) is 0 Å². The number of carbonyl (C=O) groups is 1. The number of aliphatic hydroxyl groups is 1. The molecule has 0 aliphatic carbocycles. The summed E-state index contributed by atoms with van der Waals surface area (Å²) in [5, 5.41) is 17.1. The van der Waals surface area contributed by atoms with Crippen LogP contribution >= 0.6 is 11.6 Å². The van der Waals surface area contributed by atoms with Crippen LogP contribution in [0, 0.1) is 6.92 Å². The van der Waals surface area contributed by atoms with Crippen molar-refractivity contribution in [2.75, 3.05) is 6.61 Å². The molecule has 1 amide bonds. The van der Waals surface area contributed by atoms with Crippen LogP contribution in [0.25, 0.3) is 5.69 Å². The van der Waals surface area contributed by atoms with Gasteiger partial charge in [-0.15, -0.1) is 0 Å². The fourth-order valence-electron chi connectivity index (χ4n) is 2.37. The number of nitrogens with zero attached hydrogens (tertiary/aromatic N) is 2. The number of rotatable bonds is 6. The summed E-state index contributed by atoms with van der Waals surface area (Å²) >= 11 is 6.20. The molecular weight excluding hydrogens is 314 g/mol. The second-order valence-electron chi connectivity index (χ2n) is 5.88. The molecule has 0 spiro atoms. The molecule has 5 nitrogen and oxygen atoms in total. The quantitative estimate of drug-likeness (QED) is 0.852. The maximum atomic E-state index is 12.5. The second kappa shape index (κ2) is 7.15. The van der Waals surface area contributed by atoms with Crippen LogP contribution in [0.15, 0.2) is 30.3 Å². The van der Waals surface area contributed by atoms with E-state index in [4.69, 9.17) is 16.7 Å². The van der Waals surface area contributed by atoms with Crippen molar-refractivity contribution in [2.45, 2.75) is 39.2 Å². The molecule has 0 radical (unpaired) electrons. The van der Waals surface area contributed by atoms with Crippen molar-refractivity contribution in [1.29, 1.82) is 0 Å². The van der Waals surface area contributed by atoms with Crippen molar-refractivity contribution in [3.8, 4) is 5.69 Å². The molecule has 0 aliphatic rings. The largest absolute Gasteiger partial charge is 0.396 e. The van der Waals surface area contributed by atoms with Crippen LogP contribution in [0.2, 0.25) is 5.02 Å². The summed E-state index contributed by atoms with van der Waals surface area (Å²) in [6, 6.07) is 9.09. The Kier molecular flexibility index (Phi) is 5.44. The van der Waals surface area contributed by atoms with Gasteiger partial charge in [-0.1, -0.05) is 30.7 Å². The molecule has 23 heavy (non-hydrogen) atoms. The van der Waals surface area contributed by atoms with Gasteiger partial charge in [0.2, 0.25) is 0 Å². The number of aliphatic hydroxyl groups excluding tert-OH is 1. The Morgan fingerprint density at radius 3 is 2.74 bits per heavy atom. The number of para-hydroxylation sites is 1. The van der Waals surface area contributed by atoms with Gasteiger partial charge in [0.1, 0.15) is 0 Å². The van der Waals surface area contributed by atoms with Crippen molar-refractivity contribution >= 4 is 17.5 Å². The molecule has 2 N–H and O–H groups in total. The zero-order valence-corrected chi connectivity index (χ0v) is 14.4. The highest BCUT2D eigenvalue weighted by Crippen LogP contribution is 2.22. The Balaban J connectivity index is 2.27. The van der Waals surface area contributed by atoms with Gasteiger partial charge in [0.25, 0.3) is 5.91 Å². The third kappa shape index (κ3) is 3.92. The lowest BCUT2D eigenvalue weighted by Gasteiger charge is -2.28. The lowest BCUT2D eigenvalue weighted by molar-refractivity contribution is 0.0880. The lowest BCUT2D eigenvalue weighted by atomic mass is 9.95. The second-order valence-corrected chi connectivity index (χ2v) is 6.28. The maximum absolute atomic E-state index is 12.5. The summed E-state index contributed by atoms with van der Waals surface area (Å²) in [6.45, 7) is 5.79. The normalized spacial score (nSPS) is 13.6. The van der Waals surface area contributed by atoms with Gasteiger partial charge >= 0.3 is 0 Å². The Hall–Kier alpha value is -1.85. The van der Waals surface area contributed by atoms with Gasteiger partial charge in [0.15, 0.2) is 5.69 Å². The van der Waals surface area contributed by atoms with Crippen molar-refractivity contribution < 1.29 is 9.90 Å². The summed E-state index contributed by atoms with van der Waals surface area (Å²) in [5.41, 5.74) is 1.44. The molecule has 6 heteroatoms. The minimum Gasteiger partial charge on any atom is -0.396 e. The highest BCUT2D eigenvalue weighted by molar-refractivity contribution is 6.32. The average molecular weight is 336 g/mol. The average Bonchev–Trinajstić information content (AvgIpc) is 2.90. The maximum Gasteiger partial charge on any atom is 0.272 e. The van der Waals surface area contributed by atoms with Gasteiger partial charge in [0, 0.05) is 17.8 Å². The molecule has 1 aromatic carbocycles. The Morgan fingerprint density at radius 1 is 1.43 bits per heavy atom. The molecular formula is C17H22ClN3O2. The van der Waals surface area contributed by atoms with Crippen molar-refractivity contribution in [3.63, 3.8) is 0 Å².